The smallest absolute Gasteiger partial charge is 0.293 e. The minimum absolute atomic E-state index is 0.178. The maximum absolute atomic E-state index is 11.0. The molecule has 0 spiro atoms. The first kappa shape index (κ1) is 12.2. The van der Waals surface area contributed by atoms with E-state index < -0.39 is 0 Å². The van der Waals surface area contributed by atoms with Crippen molar-refractivity contribution >= 4 is 16.6 Å². The average molecular weight is 258 g/mol. The van der Waals surface area contributed by atoms with Crippen LogP contribution in [0.4, 0.5) is 5.69 Å². The zero-order valence-electron chi connectivity index (χ0n) is 10.9. The second-order valence-corrected chi connectivity index (χ2v) is 5.39. The number of rotatable bonds is 2. The lowest BCUT2D eigenvalue weighted by atomic mass is 9.91. The van der Waals surface area contributed by atoms with Crippen LogP contribution in [0, 0.1) is 10.1 Å². The highest BCUT2D eigenvalue weighted by Crippen LogP contribution is 2.37. The van der Waals surface area contributed by atoms with Gasteiger partial charge < -0.3 is 4.98 Å². The topological polar surface area (TPSA) is 58.9 Å². The largest absolute Gasteiger partial charge is 0.355 e. The molecule has 0 bridgehead atoms. The Labute approximate surface area is 112 Å². The SMILES string of the molecule is O=[N+]([O-])c1cccc2c(C3CCCCCC3)c[nH]c12. The Kier molecular flexibility index (Phi) is 3.23. The number of aromatic nitrogens is 1. The van der Waals surface area contributed by atoms with E-state index in [2.05, 4.69) is 4.98 Å². The standard InChI is InChI=1S/C15H18N2O2/c18-17(19)14-9-5-8-12-13(10-16-15(12)14)11-6-3-1-2-4-7-11/h5,8-11,16H,1-4,6-7H2. The van der Waals surface area contributed by atoms with Gasteiger partial charge >= 0.3 is 0 Å². The van der Waals surface area contributed by atoms with Crippen LogP contribution in [0.3, 0.4) is 0 Å². The van der Waals surface area contributed by atoms with Gasteiger partial charge in [-0.05, 0) is 24.3 Å². The number of non-ortho nitro benzene ring substituents is 1. The van der Waals surface area contributed by atoms with Crippen molar-refractivity contribution in [2.75, 3.05) is 0 Å². The highest BCUT2D eigenvalue weighted by molar-refractivity contribution is 5.90. The van der Waals surface area contributed by atoms with Crippen LogP contribution in [-0.2, 0) is 0 Å². The summed E-state index contributed by atoms with van der Waals surface area (Å²) in [5, 5.41) is 12.1. The fourth-order valence-corrected chi connectivity index (χ4v) is 3.24. The quantitative estimate of drug-likeness (QED) is 0.489. The van der Waals surface area contributed by atoms with Crippen LogP contribution < -0.4 is 0 Å². The van der Waals surface area contributed by atoms with Crippen LogP contribution in [0.5, 0.6) is 0 Å². The summed E-state index contributed by atoms with van der Waals surface area (Å²) in [5.41, 5.74) is 2.12. The molecular weight excluding hydrogens is 240 g/mol. The molecule has 0 atom stereocenters. The molecule has 4 nitrogen and oxygen atoms in total. The van der Waals surface area contributed by atoms with E-state index >= 15 is 0 Å². The van der Waals surface area contributed by atoms with Gasteiger partial charge in [-0.3, -0.25) is 10.1 Å². The van der Waals surface area contributed by atoms with E-state index in [1.54, 1.807) is 12.1 Å². The predicted octanol–water partition coefficient (Wildman–Crippen LogP) is 4.51. The molecule has 1 heterocycles. The van der Waals surface area contributed by atoms with Gasteiger partial charge in [-0.15, -0.1) is 0 Å². The summed E-state index contributed by atoms with van der Waals surface area (Å²) in [5.74, 6) is 0.554. The van der Waals surface area contributed by atoms with E-state index in [9.17, 15) is 10.1 Å². The number of benzene rings is 1. The van der Waals surface area contributed by atoms with Gasteiger partial charge in [-0.1, -0.05) is 37.8 Å². The molecule has 1 aliphatic rings. The summed E-state index contributed by atoms with van der Waals surface area (Å²) in [6.45, 7) is 0. The summed E-state index contributed by atoms with van der Waals surface area (Å²) in [7, 11) is 0. The molecule has 1 fully saturated rings. The number of hydrogen-bond acceptors (Lipinski definition) is 2. The lowest BCUT2D eigenvalue weighted by Crippen LogP contribution is -1.96. The first-order valence-electron chi connectivity index (χ1n) is 7.02. The Morgan fingerprint density at radius 3 is 2.58 bits per heavy atom. The predicted molar refractivity (Wildman–Crippen MR) is 75.4 cm³/mol. The summed E-state index contributed by atoms with van der Waals surface area (Å²) >= 11 is 0. The Balaban J connectivity index is 2.05. The van der Waals surface area contributed by atoms with E-state index in [0.717, 1.165) is 5.39 Å². The van der Waals surface area contributed by atoms with Crippen LogP contribution in [0.15, 0.2) is 24.4 Å². The van der Waals surface area contributed by atoms with Gasteiger partial charge in [0.1, 0.15) is 5.52 Å². The van der Waals surface area contributed by atoms with E-state index in [1.165, 1.54) is 44.1 Å². The molecule has 2 aromatic rings. The lowest BCUT2D eigenvalue weighted by Gasteiger charge is -2.12. The number of nitro groups is 1. The van der Waals surface area contributed by atoms with E-state index in [-0.39, 0.29) is 10.6 Å². The molecule has 1 aromatic heterocycles. The number of fused-ring (bicyclic) bond motifs is 1. The molecule has 1 aromatic carbocycles. The third kappa shape index (κ3) is 2.23. The van der Waals surface area contributed by atoms with Crippen molar-refractivity contribution in [1.82, 2.24) is 4.98 Å². The van der Waals surface area contributed by atoms with Crippen molar-refractivity contribution in [1.29, 1.82) is 0 Å². The molecule has 0 amide bonds. The van der Waals surface area contributed by atoms with Crippen LogP contribution in [-0.4, -0.2) is 9.91 Å². The number of aromatic amines is 1. The maximum atomic E-state index is 11.0. The van der Waals surface area contributed by atoms with Crippen molar-refractivity contribution in [2.45, 2.75) is 44.4 Å². The fourth-order valence-electron chi connectivity index (χ4n) is 3.24. The molecule has 4 heteroatoms. The molecule has 1 aliphatic carbocycles. The third-order valence-electron chi connectivity index (χ3n) is 4.22. The minimum Gasteiger partial charge on any atom is -0.355 e. The zero-order chi connectivity index (χ0) is 13.2. The number of H-pyrrole nitrogens is 1. The summed E-state index contributed by atoms with van der Waals surface area (Å²) in [4.78, 5) is 13.8. The van der Waals surface area contributed by atoms with Gasteiger partial charge in [0.2, 0.25) is 0 Å². The maximum Gasteiger partial charge on any atom is 0.293 e. The van der Waals surface area contributed by atoms with Crippen molar-refractivity contribution in [3.8, 4) is 0 Å². The molecule has 1 N–H and O–H groups in total. The highest BCUT2D eigenvalue weighted by atomic mass is 16.6. The Hall–Kier alpha value is -1.84. The van der Waals surface area contributed by atoms with Gasteiger partial charge in [-0.2, -0.15) is 0 Å². The van der Waals surface area contributed by atoms with Crippen molar-refractivity contribution in [3.05, 3.63) is 40.1 Å². The van der Waals surface area contributed by atoms with Gasteiger partial charge in [0.25, 0.3) is 5.69 Å². The lowest BCUT2D eigenvalue weighted by molar-refractivity contribution is -0.383. The first-order chi connectivity index (χ1) is 9.27. The van der Waals surface area contributed by atoms with Gasteiger partial charge in [0, 0.05) is 17.6 Å². The normalized spacial score (nSPS) is 17.5. The fraction of sp³-hybridized carbons (Fsp3) is 0.467. The van der Waals surface area contributed by atoms with E-state index in [1.807, 2.05) is 12.3 Å². The molecule has 100 valence electrons. The number of para-hydroxylation sites is 1. The monoisotopic (exact) mass is 258 g/mol. The number of hydrogen-bond donors (Lipinski definition) is 1. The molecule has 0 aliphatic heterocycles. The van der Waals surface area contributed by atoms with Crippen LogP contribution in [0.2, 0.25) is 0 Å². The molecule has 3 rings (SSSR count). The molecule has 0 radical (unpaired) electrons. The molecule has 0 saturated heterocycles. The number of nitrogens with one attached hydrogen (secondary N) is 1. The minimum atomic E-state index is -0.310. The Bertz CT molecular complexity index is 595. The third-order valence-corrected chi connectivity index (χ3v) is 4.22. The number of nitro benzene ring substituents is 1. The number of nitrogens with zero attached hydrogens (tertiary/aromatic N) is 1. The van der Waals surface area contributed by atoms with Crippen molar-refractivity contribution < 1.29 is 4.92 Å². The summed E-state index contributed by atoms with van der Waals surface area (Å²) < 4.78 is 0. The summed E-state index contributed by atoms with van der Waals surface area (Å²) in [6, 6.07) is 5.35. The van der Waals surface area contributed by atoms with E-state index in [0.29, 0.717) is 11.4 Å². The molecule has 19 heavy (non-hydrogen) atoms. The summed E-state index contributed by atoms with van der Waals surface area (Å²) in [6.07, 6.45) is 9.56. The molecular formula is C15H18N2O2. The average Bonchev–Trinajstić information content (AvgIpc) is 2.66. The second kappa shape index (κ2) is 5.03. The second-order valence-electron chi connectivity index (χ2n) is 5.39. The first-order valence-corrected chi connectivity index (χ1v) is 7.02. The molecule has 1 saturated carbocycles. The highest BCUT2D eigenvalue weighted by Gasteiger charge is 2.21. The van der Waals surface area contributed by atoms with E-state index in [4.69, 9.17) is 0 Å². The Morgan fingerprint density at radius 2 is 1.89 bits per heavy atom. The van der Waals surface area contributed by atoms with Gasteiger partial charge in [0.15, 0.2) is 0 Å². The Morgan fingerprint density at radius 1 is 1.16 bits per heavy atom. The van der Waals surface area contributed by atoms with Crippen molar-refractivity contribution in [3.63, 3.8) is 0 Å². The zero-order valence-corrected chi connectivity index (χ0v) is 10.9. The van der Waals surface area contributed by atoms with Gasteiger partial charge in [0.05, 0.1) is 4.92 Å². The van der Waals surface area contributed by atoms with Crippen LogP contribution in [0.1, 0.15) is 50.0 Å². The van der Waals surface area contributed by atoms with Crippen molar-refractivity contribution in [2.24, 2.45) is 0 Å². The van der Waals surface area contributed by atoms with Gasteiger partial charge in [-0.25, -0.2) is 0 Å². The molecule has 0 unspecified atom stereocenters. The van der Waals surface area contributed by atoms with Crippen LogP contribution >= 0.6 is 0 Å². The van der Waals surface area contributed by atoms with Crippen LogP contribution in [0.25, 0.3) is 10.9 Å².